The lowest BCUT2D eigenvalue weighted by Gasteiger charge is -2.12. The molecule has 0 aliphatic carbocycles. The molecule has 121 valence electrons. The molecule has 3 nitrogen and oxygen atoms in total. The van der Waals surface area contributed by atoms with Crippen LogP contribution in [0.15, 0.2) is 60.7 Å². The highest BCUT2D eigenvalue weighted by Crippen LogP contribution is 2.19. The lowest BCUT2D eigenvalue weighted by Crippen LogP contribution is -2.27. The Bertz CT molecular complexity index is 601. The SMILES string of the molecule is O=[C][C@H](Cc1ccccc1)N[PH](=O)CCCCc1ccccc1. The van der Waals surface area contributed by atoms with Crippen molar-refractivity contribution < 1.29 is 9.36 Å². The first-order valence-electron chi connectivity index (χ1n) is 8.03. The Kier molecular flexibility index (Phi) is 7.79. The molecule has 23 heavy (non-hydrogen) atoms. The van der Waals surface area contributed by atoms with Crippen molar-refractivity contribution in [2.75, 3.05) is 6.16 Å². The van der Waals surface area contributed by atoms with E-state index < -0.39 is 14.0 Å². The maximum absolute atomic E-state index is 12.1. The van der Waals surface area contributed by atoms with Gasteiger partial charge in [0.1, 0.15) is 7.95 Å². The van der Waals surface area contributed by atoms with Crippen LogP contribution in [0.25, 0.3) is 0 Å². The van der Waals surface area contributed by atoms with Gasteiger partial charge in [-0.2, -0.15) is 0 Å². The highest BCUT2D eigenvalue weighted by atomic mass is 31.1. The van der Waals surface area contributed by atoms with Gasteiger partial charge in [0.05, 0.1) is 6.04 Å². The number of unbranched alkanes of at least 4 members (excludes halogenated alkanes) is 1. The average molecular weight is 328 g/mol. The van der Waals surface area contributed by atoms with Gasteiger partial charge >= 0.3 is 0 Å². The summed E-state index contributed by atoms with van der Waals surface area (Å²) < 4.78 is 12.1. The lowest BCUT2D eigenvalue weighted by atomic mass is 10.1. The fourth-order valence-corrected chi connectivity index (χ4v) is 3.76. The van der Waals surface area contributed by atoms with E-state index in [1.54, 1.807) is 0 Å². The number of hydrogen-bond acceptors (Lipinski definition) is 2. The zero-order chi connectivity index (χ0) is 16.3. The zero-order valence-corrected chi connectivity index (χ0v) is 14.2. The predicted octanol–water partition coefficient (Wildman–Crippen LogP) is 3.79. The van der Waals surface area contributed by atoms with E-state index in [-0.39, 0.29) is 0 Å². The van der Waals surface area contributed by atoms with Gasteiger partial charge in [-0.15, -0.1) is 0 Å². The number of hydrogen-bond donors (Lipinski definition) is 1. The van der Waals surface area contributed by atoms with E-state index in [4.69, 9.17) is 0 Å². The van der Waals surface area contributed by atoms with E-state index in [2.05, 4.69) is 17.2 Å². The van der Waals surface area contributed by atoms with Gasteiger partial charge in [0, 0.05) is 6.16 Å². The smallest absolute Gasteiger partial charge is 0.217 e. The van der Waals surface area contributed by atoms with Gasteiger partial charge in [0.2, 0.25) is 6.29 Å². The molecule has 1 radical (unpaired) electrons. The largest absolute Gasteiger partial charge is 0.310 e. The van der Waals surface area contributed by atoms with E-state index in [1.807, 2.05) is 54.8 Å². The van der Waals surface area contributed by atoms with E-state index in [0.717, 1.165) is 24.8 Å². The minimum absolute atomic E-state index is 0.488. The summed E-state index contributed by atoms with van der Waals surface area (Å²) in [6.07, 6.45) is 6.04. The second kappa shape index (κ2) is 10.1. The summed E-state index contributed by atoms with van der Waals surface area (Å²) in [5.74, 6) is 0. The molecule has 2 aromatic rings. The van der Waals surface area contributed by atoms with Gasteiger partial charge in [-0.05, 0) is 36.8 Å². The molecule has 1 N–H and O–H groups in total. The van der Waals surface area contributed by atoms with Crippen molar-refractivity contribution in [2.24, 2.45) is 0 Å². The summed E-state index contributed by atoms with van der Waals surface area (Å²) in [5, 5.41) is 2.94. The second-order valence-corrected chi connectivity index (χ2v) is 7.26. The van der Waals surface area contributed by atoms with Crippen molar-refractivity contribution in [3.63, 3.8) is 0 Å². The third kappa shape index (κ3) is 6.94. The normalized spacial score (nSPS) is 13.4. The molecule has 0 heterocycles. The van der Waals surface area contributed by atoms with Crippen molar-refractivity contribution >= 4 is 14.2 Å². The molecule has 2 rings (SSSR count). The van der Waals surface area contributed by atoms with Crippen LogP contribution in [0.5, 0.6) is 0 Å². The van der Waals surface area contributed by atoms with Crippen LogP contribution in [0.3, 0.4) is 0 Å². The molecule has 0 spiro atoms. The number of benzene rings is 2. The second-order valence-electron chi connectivity index (χ2n) is 5.62. The number of nitrogens with one attached hydrogen (secondary N) is 1. The molecule has 0 aromatic heterocycles. The van der Waals surface area contributed by atoms with E-state index in [0.29, 0.717) is 12.6 Å². The molecule has 0 saturated carbocycles. The van der Waals surface area contributed by atoms with E-state index >= 15 is 0 Å². The topological polar surface area (TPSA) is 46.2 Å². The summed E-state index contributed by atoms with van der Waals surface area (Å²) in [4.78, 5) is 11.0. The Hall–Kier alpha value is -1.70. The van der Waals surface area contributed by atoms with Gasteiger partial charge < -0.3 is 4.57 Å². The van der Waals surface area contributed by atoms with Crippen molar-refractivity contribution in [1.82, 2.24) is 5.09 Å². The van der Waals surface area contributed by atoms with E-state index in [9.17, 15) is 9.36 Å². The van der Waals surface area contributed by atoms with Crippen LogP contribution in [0.4, 0.5) is 0 Å². The highest BCUT2D eigenvalue weighted by Gasteiger charge is 2.12. The molecule has 4 heteroatoms. The zero-order valence-electron chi connectivity index (χ0n) is 13.2. The minimum Gasteiger partial charge on any atom is -0.310 e. The van der Waals surface area contributed by atoms with Gasteiger partial charge in [-0.1, -0.05) is 60.7 Å². The molecule has 2 aromatic carbocycles. The molecule has 2 atom stereocenters. The summed E-state index contributed by atoms with van der Waals surface area (Å²) in [7, 11) is -1.94. The first kappa shape index (κ1) is 17.7. The van der Waals surface area contributed by atoms with Crippen LogP contribution in [0.1, 0.15) is 24.0 Å². The highest BCUT2D eigenvalue weighted by molar-refractivity contribution is 7.42. The first-order valence-corrected chi connectivity index (χ1v) is 9.64. The Balaban J connectivity index is 1.67. The predicted molar refractivity (Wildman–Crippen MR) is 96.0 cm³/mol. The molecule has 0 aliphatic heterocycles. The summed E-state index contributed by atoms with van der Waals surface area (Å²) in [6.45, 7) is 0. The third-order valence-electron chi connectivity index (χ3n) is 3.72. The van der Waals surface area contributed by atoms with Crippen LogP contribution < -0.4 is 5.09 Å². The summed E-state index contributed by atoms with van der Waals surface area (Å²) in [6, 6.07) is 19.5. The molecular formula is C19H23NO2P. The van der Waals surface area contributed by atoms with Crippen molar-refractivity contribution in [1.29, 1.82) is 0 Å². The van der Waals surface area contributed by atoms with Crippen molar-refractivity contribution in [3.8, 4) is 0 Å². The Labute approximate surface area is 139 Å². The molecule has 0 saturated heterocycles. The van der Waals surface area contributed by atoms with Gasteiger partial charge in [-0.25, -0.2) is 0 Å². The van der Waals surface area contributed by atoms with Crippen LogP contribution in [-0.2, 0) is 22.2 Å². The minimum atomic E-state index is -1.94. The number of rotatable bonds is 10. The maximum atomic E-state index is 12.1. The molecule has 0 bridgehead atoms. The number of aryl methyl sites for hydroxylation is 1. The van der Waals surface area contributed by atoms with Crippen LogP contribution in [-0.4, -0.2) is 18.5 Å². The fraction of sp³-hybridized carbons (Fsp3) is 0.316. The van der Waals surface area contributed by atoms with E-state index in [1.165, 1.54) is 5.56 Å². The lowest BCUT2D eigenvalue weighted by molar-refractivity contribution is 0.528. The summed E-state index contributed by atoms with van der Waals surface area (Å²) >= 11 is 0. The molecule has 0 aliphatic rings. The average Bonchev–Trinajstić information content (AvgIpc) is 2.60. The van der Waals surface area contributed by atoms with Crippen molar-refractivity contribution in [3.05, 3.63) is 71.8 Å². The fourth-order valence-electron chi connectivity index (χ4n) is 2.50. The van der Waals surface area contributed by atoms with Gasteiger partial charge in [0.15, 0.2) is 0 Å². The van der Waals surface area contributed by atoms with Crippen LogP contribution in [0, 0.1) is 0 Å². The quantitative estimate of drug-likeness (QED) is 0.533. The third-order valence-corrected chi connectivity index (χ3v) is 5.20. The standard InChI is InChI=1S/C19H23NO2P/c21-16-19(15-18-12-5-2-6-13-18)20-23(22)14-8-7-11-17-9-3-1-4-10-17/h1-6,9-10,12-13,19,23H,7-8,11,14-15H2,(H,20,22)/t19-/m0/s1. The first-order chi connectivity index (χ1) is 11.3. The number of carbonyl (C=O) groups excluding carboxylic acids is 1. The van der Waals surface area contributed by atoms with Crippen LogP contribution >= 0.6 is 7.95 Å². The summed E-state index contributed by atoms with van der Waals surface area (Å²) in [5.41, 5.74) is 2.36. The van der Waals surface area contributed by atoms with Crippen LogP contribution in [0.2, 0.25) is 0 Å². The van der Waals surface area contributed by atoms with Gasteiger partial charge in [-0.3, -0.25) is 9.88 Å². The molecular weight excluding hydrogens is 305 g/mol. The molecule has 0 amide bonds. The molecule has 0 fully saturated rings. The molecule has 1 unspecified atom stereocenters. The Morgan fingerprint density at radius 2 is 1.52 bits per heavy atom. The van der Waals surface area contributed by atoms with Gasteiger partial charge in [0.25, 0.3) is 0 Å². The maximum Gasteiger partial charge on any atom is 0.217 e. The monoisotopic (exact) mass is 328 g/mol. The Morgan fingerprint density at radius 1 is 0.913 bits per heavy atom. The van der Waals surface area contributed by atoms with Crippen molar-refractivity contribution in [2.45, 2.75) is 31.7 Å². The Morgan fingerprint density at radius 3 is 2.13 bits per heavy atom.